The van der Waals surface area contributed by atoms with E-state index in [1.807, 2.05) is 0 Å². The third-order valence-electron chi connectivity index (χ3n) is 2.33. The molecule has 2 atom stereocenters. The van der Waals surface area contributed by atoms with Gasteiger partial charge in [0.25, 0.3) is 5.91 Å². The number of hydrogen-bond donors (Lipinski definition) is 3. The summed E-state index contributed by atoms with van der Waals surface area (Å²) in [5.74, 6) is -1.69. The summed E-state index contributed by atoms with van der Waals surface area (Å²) < 4.78 is 5.13. The molecule has 0 bridgehead atoms. The number of carboxylic acid groups (broad SMARTS) is 1. The molecule has 0 heterocycles. The third-order valence-corrected chi connectivity index (χ3v) is 3.06. The number of aliphatic hydroxyl groups is 1. The third kappa shape index (κ3) is 4.88. The number of hydrogen-bond acceptors (Lipinski definition) is 4. The molecule has 0 saturated heterocycles. The van der Waals surface area contributed by atoms with E-state index in [-0.39, 0.29) is 5.02 Å². The summed E-state index contributed by atoms with van der Waals surface area (Å²) in [6, 6.07) is 3.07. The highest BCUT2D eigenvalue weighted by Crippen LogP contribution is 2.26. The summed E-state index contributed by atoms with van der Waals surface area (Å²) in [6.07, 6.45) is -1.22. The molecule has 0 fully saturated rings. The van der Waals surface area contributed by atoms with Crippen molar-refractivity contribution in [2.75, 3.05) is 6.61 Å². The molecule has 2 unspecified atom stereocenters. The van der Waals surface area contributed by atoms with Gasteiger partial charge in [0, 0.05) is 6.07 Å². The number of carbonyl (C=O) groups is 2. The van der Waals surface area contributed by atoms with E-state index in [1.165, 1.54) is 25.1 Å². The molecular weight excluding hydrogens is 309 g/mol. The van der Waals surface area contributed by atoms with Gasteiger partial charge < -0.3 is 20.3 Å². The first-order valence-corrected chi connectivity index (χ1v) is 6.35. The van der Waals surface area contributed by atoms with Crippen LogP contribution in [0, 0.1) is 0 Å². The fourth-order valence-electron chi connectivity index (χ4n) is 1.32. The Morgan fingerprint density at radius 3 is 2.50 bits per heavy atom. The van der Waals surface area contributed by atoms with Gasteiger partial charge in [-0.1, -0.05) is 23.2 Å². The number of ether oxygens (including phenoxy) is 1. The van der Waals surface area contributed by atoms with E-state index in [1.54, 1.807) is 0 Å². The Morgan fingerprint density at radius 1 is 1.35 bits per heavy atom. The molecule has 0 aliphatic carbocycles. The molecule has 6 nitrogen and oxygen atoms in total. The van der Waals surface area contributed by atoms with Gasteiger partial charge in [0.1, 0.15) is 5.75 Å². The predicted molar refractivity (Wildman–Crippen MR) is 73.2 cm³/mol. The van der Waals surface area contributed by atoms with Crippen molar-refractivity contribution < 1.29 is 24.5 Å². The first-order chi connectivity index (χ1) is 9.31. The largest absolute Gasteiger partial charge is 0.484 e. The molecule has 0 aromatic heterocycles. The summed E-state index contributed by atoms with van der Waals surface area (Å²) in [4.78, 5) is 22.3. The number of carboxylic acids is 1. The van der Waals surface area contributed by atoms with Crippen molar-refractivity contribution in [1.82, 2.24) is 5.32 Å². The SMILES string of the molecule is CC(O)C(NC(=O)COc1ccc(Cl)c(Cl)c1)C(=O)O. The van der Waals surface area contributed by atoms with Crippen LogP contribution in [0.3, 0.4) is 0 Å². The zero-order chi connectivity index (χ0) is 15.3. The Kier molecular flexibility index (Phi) is 6.06. The van der Waals surface area contributed by atoms with Gasteiger partial charge in [0.2, 0.25) is 0 Å². The maximum Gasteiger partial charge on any atom is 0.328 e. The van der Waals surface area contributed by atoms with Crippen LogP contribution in [-0.4, -0.2) is 40.8 Å². The number of benzene rings is 1. The fraction of sp³-hybridized carbons (Fsp3) is 0.333. The molecule has 0 spiro atoms. The molecule has 0 saturated carbocycles. The molecule has 1 amide bonds. The second kappa shape index (κ2) is 7.33. The van der Waals surface area contributed by atoms with Crippen LogP contribution >= 0.6 is 23.2 Å². The smallest absolute Gasteiger partial charge is 0.328 e. The van der Waals surface area contributed by atoms with Crippen LogP contribution in [0.5, 0.6) is 5.75 Å². The van der Waals surface area contributed by atoms with Crippen LogP contribution in [0.2, 0.25) is 10.0 Å². The van der Waals surface area contributed by atoms with Gasteiger partial charge in [-0.25, -0.2) is 4.79 Å². The number of aliphatic carboxylic acids is 1. The number of carbonyl (C=O) groups excluding carboxylic acids is 1. The van der Waals surface area contributed by atoms with Crippen molar-refractivity contribution in [2.45, 2.75) is 19.1 Å². The molecule has 8 heteroatoms. The number of rotatable bonds is 6. The average Bonchev–Trinajstić information content (AvgIpc) is 2.36. The van der Waals surface area contributed by atoms with Crippen LogP contribution in [0.4, 0.5) is 0 Å². The van der Waals surface area contributed by atoms with Crippen LogP contribution in [0.25, 0.3) is 0 Å². The minimum Gasteiger partial charge on any atom is -0.484 e. The Balaban J connectivity index is 2.54. The molecule has 0 radical (unpaired) electrons. The van der Waals surface area contributed by atoms with Gasteiger partial charge in [-0.2, -0.15) is 0 Å². The van der Waals surface area contributed by atoms with E-state index in [0.717, 1.165) is 0 Å². The lowest BCUT2D eigenvalue weighted by atomic mass is 10.2. The number of aliphatic hydroxyl groups excluding tert-OH is 1. The summed E-state index contributed by atoms with van der Waals surface area (Å²) in [5.41, 5.74) is 0. The molecule has 0 aliphatic rings. The molecule has 1 aromatic rings. The summed E-state index contributed by atoms with van der Waals surface area (Å²) in [5, 5.41) is 20.8. The Hall–Kier alpha value is -1.50. The summed E-state index contributed by atoms with van der Waals surface area (Å²) >= 11 is 11.5. The predicted octanol–water partition coefficient (Wildman–Crippen LogP) is 1.32. The van der Waals surface area contributed by atoms with Crippen LogP contribution < -0.4 is 10.1 Å². The molecule has 110 valence electrons. The van der Waals surface area contributed by atoms with Crippen molar-refractivity contribution in [3.05, 3.63) is 28.2 Å². The topological polar surface area (TPSA) is 95.9 Å². The van der Waals surface area contributed by atoms with E-state index in [2.05, 4.69) is 5.32 Å². The second-order valence-corrected chi connectivity index (χ2v) is 4.80. The molecule has 20 heavy (non-hydrogen) atoms. The maximum absolute atomic E-state index is 11.5. The summed E-state index contributed by atoms with van der Waals surface area (Å²) in [6.45, 7) is 0.855. The quantitative estimate of drug-likeness (QED) is 0.734. The summed E-state index contributed by atoms with van der Waals surface area (Å²) in [7, 11) is 0. The van der Waals surface area contributed by atoms with Crippen molar-refractivity contribution in [3.63, 3.8) is 0 Å². The van der Waals surface area contributed by atoms with Crippen LogP contribution in [-0.2, 0) is 9.59 Å². The highest BCUT2D eigenvalue weighted by atomic mass is 35.5. The number of nitrogens with one attached hydrogen (secondary N) is 1. The van der Waals surface area contributed by atoms with Gasteiger partial charge in [-0.05, 0) is 19.1 Å². The van der Waals surface area contributed by atoms with Gasteiger partial charge in [-0.15, -0.1) is 0 Å². The average molecular weight is 322 g/mol. The van der Waals surface area contributed by atoms with Gasteiger partial charge in [0.15, 0.2) is 12.6 Å². The van der Waals surface area contributed by atoms with Crippen molar-refractivity contribution in [3.8, 4) is 5.75 Å². The van der Waals surface area contributed by atoms with Gasteiger partial charge in [-0.3, -0.25) is 4.79 Å². The Morgan fingerprint density at radius 2 is 2.00 bits per heavy atom. The van der Waals surface area contributed by atoms with Crippen molar-refractivity contribution >= 4 is 35.1 Å². The highest BCUT2D eigenvalue weighted by molar-refractivity contribution is 6.42. The van der Waals surface area contributed by atoms with E-state index in [4.69, 9.17) is 33.0 Å². The number of amides is 1. The molecule has 1 rings (SSSR count). The van der Waals surface area contributed by atoms with Gasteiger partial charge in [0.05, 0.1) is 16.1 Å². The monoisotopic (exact) mass is 321 g/mol. The van der Waals surface area contributed by atoms with Crippen molar-refractivity contribution in [1.29, 1.82) is 0 Å². The minimum absolute atomic E-state index is 0.275. The number of halogens is 2. The first kappa shape index (κ1) is 16.6. The zero-order valence-electron chi connectivity index (χ0n) is 10.5. The van der Waals surface area contributed by atoms with E-state index < -0.39 is 30.6 Å². The Bertz CT molecular complexity index is 507. The highest BCUT2D eigenvalue weighted by Gasteiger charge is 2.24. The fourth-order valence-corrected chi connectivity index (χ4v) is 1.61. The molecular formula is C12H13Cl2NO5. The lowest BCUT2D eigenvalue weighted by Crippen LogP contribution is -2.49. The van der Waals surface area contributed by atoms with Crippen LogP contribution in [0.1, 0.15) is 6.92 Å². The zero-order valence-corrected chi connectivity index (χ0v) is 12.0. The van der Waals surface area contributed by atoms with Gasteiger partial charge >= 0.3 is 5.97 Å². The Labute approximate surface area is 125 Å². The van der Waals surface area contributed by atoms with E-state index >= 15 is 0 Å². The van der Waals surface area contributed by atoms with E-state index in [0.29, 0.717) is 10.8 Å². The standard InChI is InChI=1S/C12H13Cl2NO5/c1-6(16)11(12(18)19)15-10(17)5-20-7-2-3-8(13)9(14)4-7/h2-4,6,11,16H,5H2,1H3,(H,15,17)(H,18,19). The normalized spacial score (nSPS) is 13.4. The van der Waals surface area contributed by atoms with Crippen LogP contribution in [0.15, 0.2) is 18.2 Å². The minimum atomic E-state index is -1.39. The molecule has 1 aromatic carbocycles. The lowest BCUT2D eigenvalue weighted by Gasteiger charge is -2.17. The van der Waals surface area contributed by atoms with E-state index in [9.17, 15) is 14.7 Å². The maximum atomic E-state index is 11.5. The second-order valence-electron chi connectivity index (χ2n) is 3.99. The molecule has 3 N–H and O–H groups in total. The van der Waals surface area contributed by atoms with Crippen molar-refractivity contribution in [2.24, 2.45) is 0 Å². The molecule has 0 aliphatic heterocycles. The first-order valence-electron chi connectivity index (χ1n) is 5.59. The lowest BCUT2D eigenvalue weighted by molar-refractivity contribution is -0.145.